The second kappa shape index (κ2) is 19.5. The van der Waals surface area contributed by atoms with Gasteiger partial charge in [0.15, 0.2) is 0 Å². The fourth-order valence-electron chi connectivity index (χ4n) is 6.04. The van der Waals surface area contributed by atoms with Crippen molar-refractivity contribution in [2.24, 2.45) is 0 Å². The summed E-state index contributed by atoms with van der Waals surface area (Å²) in [5, 5.41) is 53.0. The molecule has 2 amide bonds. The molecule has 56 heavy (non-hydrogen) atoms. The zero-order valence-corrected chi connectivity index (χ0v) is 32.4. The number of carbonyl (C=O) groups is 2. The zero-order chi connectivity index (χ0) is 40.5. The number of esters is 1. The number of aromatic nitrogens is 1. The lowest BCUT2D eigenvalue weighted by atomic mass is 9.96. The van der Waals surface area contributed by atoms with Gasteiger partial charge in [0.25, 0.3) is 0 Å². The van der Waals surface area contributed by atoms with E-state index in [1.54, 1.807) is 6.20 Å². The largest absolute Gasteiger partial charge is 0.490 e. The third kappa shape index (κ3) is 11.4. The Labute approximate surface area is 330 Å². The molecule has 0 aliphatic heterocycles. The molecule has 18 heteroatoms. The lowest BCUT2D eigenvalue weighted by Crippen LogP contribution is -2.52. The van der Waals surface area contributed by atoms with Crippen molar-refractivity contribution in [1.29, 1.82) is 0 Å². The Hall–Kier alpha value is -3.91. The summed E-state index contributed by atoms with van der Waals surface area (Å²) in [6.07, 6.45) is 0.843. The molecule has 16 nitrogen and oxygen atoms in total. The fourth-order valence-corrected chi connectivity index (χ4v) is 7.34. The highest BCUT2D eigenvalue weighted by Crippen LogP contribution is 2.53. The summed E-state index contributed by atoms with van der Waals surface area (Å²) in [6, 6.07) is 12.2. The molecule has 2 aromatic carbocycles. The first-order valence-electron chi connectivity index (χ1n) is 18.4. The number of sulfonamides is 1. The predicted octanol–water partition coefficient (Wildman–Crippen LogP) is 1.87. The Morgan fingerprint density at radius 1 is 1.00 bits per heavy atom. The second-order valence-electron chi connectivity index (χ2n) is 13.9. The number of hydrogen-bond acceptors (Lipinski definition) is 13. The minimum absolute atomic E-state index is 0.00460. The van der Waals surface area contributed by atoms with Crippen LogP contribution in [0, 0.1) is 0 Å². The fraction of sp³-hybridized carbons (Fsp3) is 0.500. The molecule has 1 heterocycles. The molecule has 2 aliphatic rings. The number of halogens is 1. The number of carbonyl (C=O) groups excluding carboxylic acids is 2. The van der Waals surface area contributed by atoms with Crippen LogP contribution >= 0.6 is 11.6 Å². The molecule has 5 rings (SSSR count). The highest BCUT2D eigenvalue weighted by molar-refractivity contribution is 7.89. The van der Waals surface area contributed by atoms with Crippen LogP contribution in [0.4, 0.5) is 4.79 Å². The SMILES string of the molecule is COC(=O)[C@H](CCCCNS(=O)(=O)c1ccc(Cl)c(COC2(c3cnccc3-c3ccccc3OC3CC3)CC2)c1)NC(=O)NC[C@H](O)[C@H](O)[C@H](O)[C@H](O)CO. The summed E-state index contributed by atoms with van der Waals surface area (Å²) in [5.74, 6) is 0.0423. The van der Waals surface area contributed by atoms with Crippen LogP contribution in [0.25, 0.3) is 11.1 Å². The minimum Gasteiger partial charge on any atom is -0.490 e. The number of hydrogen-bond donors (Lipinski definition) is 8. The number of nitrogens with one attached hydrogen (secondary N) is 3. The predicted molar refractivity (Wildman–Crippen MR) is 203 cm³/mol. The number of nitrogens with zero attached hydrogens (tertiary/aromatic N) is 1. The van der Waals surface area contributed by atoms with Crippen molar-refractivity contribution in [2.45, 2.75) is 98.6 Å². The van der Waals surface area contributed by atoms with Gasteiger partial charge in [-0.25, -0.2) is 22.7 Å². The Morgan fingerprint density at radius 2 is 1.73 bits per heavy atom. The van der Waals surface area contributed by atoms with Gasteiger partial charge in [0.05, 0.1) is 43.0 Å². The molecule has 0 unspecified atom stereocenters. The number of para-hydroxylation sites is 1. The van der Waals surface area contributed by atoms with Gasteiger partial charge in [-0.1, -0.05) is 29.8 Å². The van der Waals surface area contributed by atoms with E-state index in [1.807, 2.05) is 36.5 Å². The molecule has 2 aliphatic carbocycles. The highest BCUT2D eigenvalue weighted by atomic mass is 35.5. The van der Waals surface area contributed by atoms with Gasteiger partial charge in [-0.15, -0.1) is 0 Å². The number of unbranched alkanes of at least 4 members (excludes halogenated alkanes) is 1. The van der Waals surface area contributed by atoms with Gasteiger partial charge < -0.3 is 50.4 Å². The van der Waals surface area contributed by atoms with E-state index < -0.39 is 71.2 Å². The van der Waals surface area contributed by atoms with Gasteiger partial charge in [0.1, 0.15) is 30.1 Å². The molecule has 2 saturated carbocycles. The van der Waals surface area contributed by atoms with Gasteiger partial charge in [-0.05, 0) is 86.4 Å². The van der Waals surface area contributed by atoms with Gasteiger partial charge in [0.2, 0.25) is 10.0 Å². The first-order chi connectivity index (χ1) is 26.8. The van der Waals surface area contributed by atoms with Crippen molar-refractivity contribution in [1.82, 2.24) is 20.3 Å². The van der Waals surface area contributed by atoms with E-state index in [4.69, 9.17) is 30.9 Å². The smallest absolute Gasteiger partial charge is 0.328 e. The van der Waals surface area contributed by atoms with Crippen molar-refractivity contribution in [3.63, 3.8) is 0 Å². The molecule has 306 valence electrons. The monoisotopic (exact) mass is 820 g/mol. The molecule has 0 spiro atoms. The normalized spacial score (nSPS) is 17.6. The van der Waals surface area contributed by atoms with Gasteiger partial charge in [-0.3, -0.25) is 4.98 Å². The molecule has 0 radical (unpaired) electrons. The Bertz CT molecular complexity index is 1910. The van der Waals surface area contributed by atoms with Crippen molar-refractivity contribution in [3.8, 4) is 16.9 Å². The molecule has 3 aromatic rings. The molecule has 0 bridgehead atoms. The van der Waals surface area contributed by atoms with Crippen LogP contribution in [0.15, 0.2) is 65.8 Å². The van der Waals surface area contributed by atoms with Crippen LogP contribution in [0.2, 0.25) is 5.02 Å². The van der Waals surface area contributed by atoms with Crippen molar-refractivity contribution in [2.75, 3.05) is 26.8 Å². The molecular formula is C38H49ClN4O12S. The Balaban J connectivity index is 1.12. The molecule has 5 atom stereocenters. The van der Waals surface area contributed by atoms with Crippen molar-refractivity contribution in [3.05, 3.63) is 77.1 Å². The van der Waals surface area contributed by atoms with Gasteiger partial charge in [0, 0.05) is 41.6 Å². The Kier molecular flexibility index (Phi) is 15.0. The zero-order valence-electron chi connectivity index (χ0n) is 30.8. The van der Waals surface area contributed by atoms with E-state index >= 15 is 0 Å². The van der Waals surface area contributed by atoms with Crippen LogP contribution in [-0.2, 0) is 36.5 Å². The quantitative estimate of drug-likeness (QED) is 0.0534. The minimum atomic E-state index is -3.97. The number of ether oxygens (including phenoxy) is 3. The molecular weight excluding hydrogens is 772 g/mol. The first kappa shape index (κ1) is 43.2. The maximum atomic E-state index is 13.3. The van der Waals surface area contributed by atoms with Crippen LogP contribution in [-0.4, -0.2) is 114 Å². The number of aliphatic hydroxyl groups excluding tert-OH is 5. The summed E-state index contributed by atoms with van der Waals surface area (Å²) in [5.41, 5.74) is 2.71. The first-order valence-corrected chi connectivity index (χ1v) is 20.2. The molecule has 0 saturated heterocycles. The van der Waals surface area contributed by atoms with E-state index in [0.29, 0.717) is 23.4 Å². The summed E-state index contributed by atoms with van der Waals surface area (Å²) in [7, 11) is -2.84. The molecule has 8 N–H and O–H groups in total. The maximum absolute atomic E-state index is 13.3. The van der Waals surface area contributed by atoms with E-state index in [0.717, 1.165) is 55.2 Å². The molecule has 1 aromatic heterocycles. The number of rotatable bonds is 22. The second-order valence-corrected chi connectivity index (χ2v) is 16.1. The summed E-state index contributed by atoms with van der Waals surface area (Å²) < 4.78 is 46.6. The van der Waals surface area contributed by atoms with Gasteiger partial charge in [-0.2, -0.15) is 0 Å². The number of methoxy groups -OCH3 is 1. The third-order valence-electron chi connectivity index (χ3n) is 9.64. The number of pyridine rings is 1. The number of benzene rings is 2. The van der Waals surface area contributed by atoms with E-state index in [1.165, 1.54) is 18.2 Å². The van der Waals surface area contributed by atoms with E-state index in [-0.39, 0.29) is 30.6 Å². The Morgan fingerprint density at radius 3 is 2.43 bits per heavy atom. The standard InChI is InChI=1S/C38H49ClN4O12S/c1-53-36(49)30(43-37(50)41-20-31(45)34(47)35(48)32(46)21-44)7-4-5-16-42-56(51,52)25-11-12-29(39)23(18-25)22-54-38(14-15-38)28-19-40-17-13-26(28)27-6-2-3-8-33(27)55-24-9-10-24/h2-3,6,8,11-13,17-19,24,30-32,34-35,42,44-48H,4-5,7,9-10,14-16,20-22H2,1H3,(H2,41,43,50)/t30-,31-,32+,34-,35+/m0/s1. The van der Waals surface area contributed by atoms with E-state index in [2.05, 4.69) is 20.3 Å². The van der Waals surface area contributed by atoms with Crippen molar-refractivity contribution < 1.29 is 57.8 Å². The van der Waals surface area contributed by atoms with Gasteiger partial charge >= 0.3 is 12.0 Å². The summed E-state index contributed by atoms with van der Waals surface area (Å²) in [4.78, 5) is 29.1. The summed E-state index contributed by atoms with van der Waals surface area (Å²) in [6.45, 7) is -1.35. The maximum Gasteiger partial charge on any atom is 0.328 e. The lowest BCUT2D eigenvalue weighted by molar-refractivity contribution is -0.143. The topological polar surface area (TPSA) is 246 Å². The van der Waals surface area contributed by atoms with Crippen LogP contribution in [0.3, 0.4) is 0 Å². The third-order valence-corrected chi connectivity index (χ3v) is 11.5. The highest BCUT2D eigenvalue weighted by Gasteiger charge is 2.48. The number of aliphatic hydroxyl groups is 5. The van der Waals surface area contributed by atoms with Crippen LogP contribution in [0.1, 0.15) is 56.1 Å². The van der Waals surface area contributed by atoms with Crippen molar-refractivity contribution >= 4 is 33.6 Å². The number of urea groups is 1. The number of amides is 2. The lowest BCUT2D eigenvalue weighted by Gasteiger charge is -2.26. The van der Waals surface area contributed by atoms with Crippen LogP contribution < -0.4 is 20.1 Å². The summed E-state index contributed by atoms with van der Waals surface area (Å²) >= 11 is 6.52. The molecule has 2 fully saturated rings. The average molecular weight is 821 g/mol. The average Bonchev–Trinajstić information content (AvgIpc) is 4.15. The van der Waals surface area contributed by atoms with Crippen LogP contribution in [0.5, 0.6) is 5.75 Å². The van der Waals surface area contributed by atoms with E-state index in [9.17, 15) is 38.4 Å².